The summed E-state index contributed by atoms with van der Waals surface area (Å²) >= 11 is 0. The molecule has 1 aliphatic heterocycles. The lowest BCUT2D eigenvalue weighted by Crippen LogP contribution is -2.65. The highest BCUT2D eigenvalue weighted by atomic mass is 29.3. The second-order valence-electron chi connectivity index (χ2n) is 9.01. The predicted molar refractivity (Wildman–Crippen MR) is 106 cm³/mol. The fourth-order valence-corrected chi connectivity index (χ4v) is 15.4. The standard InChI is InChI=1S/C19H42OSi2/c1-7-8-9-10-11-12-13-14-15-17-22(6)18-16-19(2,3)20-21(22,4)5/h7-18H2,1-6H3. The third-order valence-corrected chi connectivity index (χ3v) is 23.4. The van der Waals surface area contributed by atoms with Crippen molar-refractivity contribution < 1.29 is 4.43 Å². The number of rotatable bonds is 10. The van der Waals surface area contributed by atoms with Crippen LogP contribution < -0.4 is 0 Å². The van der Waals surface area contributed by atoms with Crippen LogP contribution in [0.15, 0.2) is 0 Å². The van der Waals surface area contributed by atoms with Crippen molar-refractivity contribution in [2.24, 2.45) is 0 Å². The van der Waals surface area contributed by atoms with Crippen LogP contribution >= 0.6 is 0 Å². The van der Waals surface area contributed by atoms with Crippen molar-refractivity contribution in [3.63, 3.8) is 0 Å². The first-order valence-corrected chi connectivity index (χ1v) is 16.7. The Morgan fingerprint density at radius 3 is 1.82 bits per heavy atom. The Kier molecular flexibility index (Phi) is 8.39. The minimum Gasteiger partial charge on any atom is -0.415 e. The van der Waals surface area contributed by atoms with Gasteiger partial charge in [-0.05, 0) is 33.4 Å². The normalized spacial score (nSPS) is 27.0. The van der Waals surface area contributed by atoms with E-state index in [9.17, 15) is 0 Å². The summed E-state index contributed by atoms with van der Waals surface area (Å²) in [7, 11) is -2.55. The molecule has 0 aromatic rings. The summed E-state index contributed by atoms with van der Waals surface area (Å²) in [6.07, 6.45) is 14.3. The quantitative estimate of drug-likeness (QED) is 0.304. The maximum atomic E-state index is 6.61. The van der Waals surface area contributed by atoms with Crippen molar-refractivity contribution >= 4 is 15.4 Å². The topological polar surface area (TPSA) is 9.23 Å². The first-order valence-electron chi connectivity index (χ1n) is 9.93. The Balaban J connectivity index is 2.18. The summed E-state index contributed by atoms with van der Waals surface area (Å²) in [5, 5.41) is 0. The van der Waals surface area contributed by atoms with Crippen molar-refractivity contribution in [1.29, 1.82) is 0 Å². The van der Waals surface area contributed by atoms with Crippen LogP contribution in [0.5, 0.6) is 0 Å². The predicted octanol–water partition coefficient (Wildman–Crippen LogP) is 7.08. The molecule has 1 heterocycles. The molecule has 0 radical (unpaired) electrons. The molecule has 1 atom stereocenters. The van der Waals surface area contributed by atoms with Crippen LogP contribution in [-0.2, 0) is 4.43 Å². The van der Waals surface area contributed by atoms with Gasteiger partial charge in [0.2, 0.25) is 0 Å². The second-order valence-corrected chi connectivity index (χ2v) is 23.6. The minimum absolute atomic E-state index is 0.153. The van der Waals surface area contributed by atoms with Crippen molar-refractivity contribution in [2.45, 2.75) is 122 Å². The van der Waals surface area contributed by atoms with E-state index >= 15 is 0 Å². The van der Waals surface area contributed by atoms with Crippen molar-refractivity contribution in [2.75, 3.05) is 0 Å². The van der Waals surface area contributed by atoms with E-state index in [0.717, 1.165) is 0 Å². The number of hydrogen-bond acceptors (Lipinski definition) is 1. The zero-order chi connectivity index (χ0) is 16.7. The van der Waals surface area contributed by atoms with Crippen LogP contribution in [0, 0.1) is 0 Å². The van der Waals surface area contributed by atoms with Crippen molar-refractivity contribution in [1.82, 2.24) is 0 Å². The van der Waals surface area contributed by atoms with Gasteiger partial charge in [0, 0.05) is 0 Å². The summed E-state index contributed by atoms with van der Waals surface area (Å²) in [5.74, 6) is 0. The maximum Gasteiger partial charge on any atom is 0.174 e. The molecule has 1 saturated heterocycles. The lowest BCUT2D eigenvalue weighted by Gasteiger charge is -2.51. The van der Waals surface area contributed by atoms with Gasteiger partial charge in [0.25, 0.3) is 0 Å². The average molecular weight is 343 g/mol. The molecule has 1 unspecified atom stereocenters. The SMILES string of the molecule is CCCCCCCCCCC[Si]1(C)CCC(C)(C)O[Si]1(C)C. The van der Waals surface area contributed by atoms with E-state index in [2.05, 4.69) is 40.4 Å². The Bertz CT molecular complexity index is 315. The molecule has 0 saturated carbocycles. The monoisotopic (exact) mass is 342 g/mol. The lowest BCUT2D eigenvalue weighted by molar-refractivity contribution is 0.0930. The highest BCUT2D eigenvalue weighted by Gasteiger charge is 2.52. The van der Waals surface area contributed by atoms with Gasteiger partial charge in [0.05, 0.1) is 13.2 Å². The molecule has 0 aliphatic carbocycles. The summed E-state index contributed by atoms with van der Waals surface area (Å²) in [6.45, 7) is 14.6. The molecule has 1 nitrogen and oxygen atoms in total. The molecular weight excluding hydrogens is 300 g/mol. The molecule has 0 aromatic carbocycles. The lowest BCUT2D eigenvalue weighted by atomic mass is 10.1. The average Bonchev–Trinajstić information content (AvgIpc) is 2.41. The van der Waals surface area contributed by atoms with Gasteiger partial charge in [0.15, 0.2) is 7.83 Å². The smallest absolute Gasteiger partial charge is 0.174 e. The van der Waals surface area contributed by atoms with E-state index in [1.807, 2.05) is 0 Å². The Labute approximate surface area is 142 Å². The Morgan fingerprint density at radius 2 is 1.32 bits per heavy atom. The Hall–Kier alpha value is 0.394. The molecular formula is C19H42OSi2. The third-order valence-electron chi connectivity index (χ3n) is 6.10. The van der Waals surface area contributed by atoms with Gasteiger partial charge >= 0.3 is 0 Å². The summed E-state index contributed by atoms with van der Waals surface area (Å²) in [4.78, 5) is 0. The zero-order valence-electron chi connectivity index (χ0n) is 16.4. The molecule has 0 aromatic heterocycles. The van der Waals surface area contributed by atoms with Crippen molar-refractivity contribution in [3.8, 4) is 0 Å². The van der Waals surface area contributed by atoms with Gasteiger partial charge in [-0.25, -0.2) is 0 Å². The molecule has 132 valence electrons. The van der Waals surface area contributed by atoms with Crippen LogP contribution in [0.3, 0.4) is 0 Å². The number of hydrogen-bond donors (Lipinski definition) is 0. The fourth-order valence-electron chi connectivity index (χ4n) is 3.99. The summed E-state index contributed by atoms with van der Waals surface area (Å²) in [6, 6.07) is 3.04. The zero-order valence-corrected chi connectivity index (χ0v) is 18.4. The second kappa shape index (κ2) is 9.03. The van der Waals surface area contributed by atoms with Crippen LogP contribution in [0.2, 0.25) is 31.7 Å². The summed E-state index contributed by atoms with van der Waals surface area (Å²) in [5.41, 5.74) is 0.153. The van der Waals surface area contributed by atoms with Crippen LogP contribution in [0.1, 0.15) is 85.0 Å². The van der Waals surface area contributed by atoms with Gasteiger partial charge < -0.3 is 4.43 Å². The van der Waals surface area contributed by atoms with E-state index in [1.54, 1.807) is 0 Å². The number of unbranched alkanes of at least 4 members (excludes halogenated alkanes) is 8. The van der Waals surface area contributed by atoms with Crippen LogP contribution in [0.25, 0.3) is 0 Å². The highest BCUT2D eigenvalue weighted by Crippen LogP contribution is 2.41. The molecule has 0 spiro atoms. The fraction of sp³-hybridized carbons (Fsp3) is 1.00. The molecule has 1 fully saturated rings. The highest BCUT2D eigenvalue weighted by molar-refractivity contribution is 7.38. The summed E-state index contributed by atoms with van der Waals surface area (Å²) < 4.78 is 6.61. The third kappa shape index (κ3) is 6.48. The van der Waals surface area contributed by atoms with Crippen LogP contribution in [0.4, 0.5) is 0 Å². The van der Waals surface area contributed by atoms with Gasteiger partial charge in [-0.1, -0.05) is 83.3 Å². The molecule has 0 amide bonds. The first kappa shape index (κ1) is 20.4. The van der Waals surface area contributed by atoms with E-state index in [4.69, 9.17) is 4.43 Å². The molecule has 3 heteroatoms. The largest absolute Gasteiger partial charge is 0.415 e. The molecule has 0 bridgehead atoms. The molecule has 22 heavy (non-hydrogen) atoms. The van der Waals surface area contributed by atoms with Gasteiger partial charge in [-0.15, -0.1) is 0 Å². The molecule has 1 aliphatic rings. The first-order chi connectivity index (χ1) is 10.2. The van der Waals surface area contributed by atoms with Gasteiger partial charge in [0.1, 0.15) is 0 Å². The van der Waals surface area contributed by atoms with E-state index < -0.39 is 15.4 Å². The Morgan fingerprint density at radius 1 is 0.818 bits per heavy atom. The molecule has 1 rings (SSSR count). The van der Waals surface area contributed by atoms with Crippen molar-refractivity contribution in [3.05, 3.63) is 0 Å². The van der Waals surface area contributed by atoms with E-state index in [1.165, 1.54) is 76.3 Å². The van der Waals surface area contributed by atoms with E-state index in [-0.39, 0.29) is 5.60 Å². The maximum absolute atomic E-state index is 6.61. The van der Waals surface area contributed by atoms with Crippen LogP contribution in [-0.4, -0.2) is 21.0 Å². The minimum atomic E-state index is -1.43. The van der Waals surface area contributed by atoms with Gasteiger partial charge in [-0.2, -0.15) is 0 Å². The van der Waals surface area contributed by atoms with Gasteiger partial charge in [-0.3, -0.25) is 0 Å². The molecule has 0 N–H and O–H groups in total. The van der Waals surface area contributed by atoms with E-state index in [0.29, 0.717) is 0 Å².